The average Bonchev–Trinajstić information content (AvgIpc) is 2.67. The first-order valence-electron chi connectivity index (χ1n) is 10.0. The molecular formula is C26H28N2O2. The van der Waals surface area contributed by atoms with Gasteiger partial charge in [0.05, 0.1) is 11.1 Å². The lowest BCUT2D eigenvalue weighted by Gasteiger charge is -2.16. The number of hydrogen-bond acceptors (Lipinski definition) is 2. The molecule has 0 radical (unpaired) electrons. The molecule has 0 aromatic heterocycles. The van der Waals surface area contributed by atoms with Crippen LogP contribution >= 0.6 is 0 Å². The third-order valence-corrected chi connectivity index (χ3v) is 5.25. The van der Waals surface area contributed by atoms with Crippen molar-refractivity contribution >= 4 is 23.2 Å². The number of amides is 2. The lowest BCUT2D eigenvalue weighted by Crippen LogP contribution is -2.21. The highest BCUT2D eigenvalue weighted by atomic mass is 16.2. The molecule has 0 aliphatic heterocycles. The van der Waals surface area contributed by atoms with E-state index in [0.29, 0.717) is 11.1 Å². The van der Waals surface area contributed by atoms with E-state index in [0.717, 1.165) is 44.8 Å². The molecular weight excluding hydrogens is 372 g/mol. The molecule has 0 fully saturated rings. The van der Waals surface area contributed by atoms with Crippen LogP contribution in [0.3, 0.4) is 0 Å². The lowest BCUT2D eigenvalue weighted by atomic mass is 10.0. The zero-order valence-corrected chi connectivity index (χ0v) is 18.4. The molecule has 0 aliphatic rings. The lowest BCUT2D eigenvalue weighted by molar-refractivity contribution is 0.0990. The average molecular weight is 401 g/mol. The zero-order chi connectivity index (χ0) is 22.0. The van der Waals surface area contributed by atoms with Crippen LogP contribution in [0.5, 0.6) is 0 Å². The van der Waals surface area contributed by atoms with Gasteiger partial charge in [0.25, 0.3) is 11.8 Å². The van der Waals surface area contributed by atoms with Gasteiger partial charge in [-0.2, -0.15) is 0 Å². The largest absolute Gasteiger partial charge is 0.321 e. The number of benzene rings is 3. The van der Waals surface area contributed by atoms with E-state index >= 15 is 0 Å². The van der Waals surface area contributed by atoms with Crippen molar-refractivity contribution in [1.29, 1.82) is 0 Å². The molecule has 0 saturated heterocycles. The van der Waals surface area contributed by atoms with Crippen molar-refractivity contribution in [2.75, 3.05) is 10.6 Å². The number of carbonyl (C=O) groups is 2. The van der Waals surface area contributed by atoms with Gasteiger partial charge in [0.1, 0.15) is 0 Å². The van der Waals surface area contributed by atoms with Gasteiger partial charge < -0.3 is 10.6 Å². The summed E-state index contributed by atoms with van der Waals surface area (Å²) >= 11 is 0. The van der Waals surface area contributed by atoms with Gasteiger partial charge in [-0.3, -0.25) is 9.59 Å². The Morgan fingerprint density at radius 2 is 0.867 bits per heavy atom. The van der Waals surface area contributed by atoms with Crippen LogP contribution < -0.4 is 10.6 Å². The first kappa shape index (κ1) is 21.3. The summed E-state index contributed by atoms with van der Waals surface area (Å²) in [6.45, 7) is 11.9. The number of carbonyl (C=O) groups excluding carboxylic acids is 2. The third kappa shape index (κ3) is 4.43. The van der Waals surface area contributed by atoms with Gasteiger partial charge in [0.2, 0.25) is 0 Å². The quantitative estimate of drug-likeness (QED) is 0.561. The summed E-state index contributed by atoms with van der Waals surface area (Å²) < 4.78 is 0. The van der Waals surface area contributed by atoms with Crippen LogP contribution in [0.4, 0.5) is 11.4 Å². The number of nitrogens with one attached hydrogen (secondary N) is 2. The summed E-state index contributed by atoms with van der Waals surface area (Å²) in [5, 5.41) is 5.98. The molecule has 0 unspecified atom stereocenters. The molecule has 154 valence electrons. The minimum Gasteiger partial charge on any atom is -0.321 e. The SMILES string of the molecule is Cc1cc(C)c(NC(=O)c2ccccc2C(=O)Nc2c(C)cc(C)cc2C)c(C)c1. The third-order valence-electron chi connectivity index (χ3n) is 5.25. The van der Waals surface area contributed by atoms with Crippen molar-refractivity contribution in [1.82, 2.24) is 0 Å². The zero-order valence-electron chi connectivity index (χ0n) is 18.4. The minimum atomic E-state index is -0.298. The molecule has 3 aromatic carbocycles. The Bertz CT molecular complexity index is 1010. The smallest absolute Gasteiger partial charge is 0.256 e. The van der Waals surface area contributed by atoms with E-state index in [-0.39, 0.29) is 11.8 Å². The van der Waals surface area contributed by atoms with Crippen LogP contribution in [-0.4, -0.2) is 11.8 Å². The Hall–Kier alpha value is -3.40. The van der Waals surface area contributed by atoms with E-state index in [1.807, 2.05) is 65.8 Å². The van der Waals surface area contributed by atoms with Crippen LogP contribution in [0.2, 0.25) is 0 Å². The first-order chi connectivity index (χ1) is 14.2. The molecule has 0 saturated carbocycles. The topological polar surface area (TPSA) is 58.2 Å². The van der Waals surface area contributed by atoms with Gasteiger partial charge in [0, 0.05) is 11.4 Å². The molecule has 4 heteroatoms. The van der Waals surface area contributed by atoms with E-state index in [4.69, 9.17) is 0 Å². The Labute approximate surface area is 178 Å². The van der Waals surface area contributed by atoms with Gasteiger partial charge in [-0.15, -0.1) is 0 Å². The van der Waals surface area contributed by atoms with Gasteiger partial charge in [0.15, 0.2) is 0 Å². The molecule has 3 aromatic rings. The molecule has 0 atom stereocenters. The summed E-state index contributed by atoms with van der Waals surface area (Å²) in [7, 11) is 0. The van der Waals surface area contributed by atoms with E-state index in [2.05, 4.69) is 10.6 Å². The minimum absolute atomic E-state index is 0.298. The molecule has 0 heterocycles. The second kappa shape index (κ2) is 8.54. The Kier molecular flexibility index (Phi) is 6.06. The maximum absolute atomic E-state index is 13.1. The number of hydrogen-bond donors (Lipinski definition) is 2. The molecule has 0 bridgehead atoms. The van der Waals surface area contributed by atoms with Gasteiger partial charge in [-0.25, -0.2) is 0 Å². The molecule has 30 heavy (non-hydrogen) atoms. The van der Waals surface area contributed by atoms with Crippen LogP contribution in [-0.2, 0) is 0 Å². The highest BCUT2D eigenvalue weighted by molar-refractivity contribution is 6.15. The van der Waals surface area contributed by atoms with Crippen LogP contribution in [0, 0.1) is 41.5 Å². The van der Waals surface area contributed by atoms with Gasteiger partial charge in [-0.1, -0.05) is 47.5 Å². The Balaban J connectivity index is 1.91. The summed E-state index contributed by atoms with van der Waals surface area (Å²) in [6.07, 6.45) is 0. The maximum Gasteiger partial charge on any atom is 0.256 e. The fraction of sp³-hybridized carbons (Fsp3) is 0.231. The van der Waals surface area contributed by atoms with E-state index < -0.39 is 0 Å². The Morgan fingerprint density at radius 3 is 1.17 bits per heavy atom. The summed E-state index contributed by atoms with van der Waals surface area (Å²) in [6, 6.07) is 15.0. The number of rotatable bonds is 4. The highest BCUT2D eigenvalue weighted by Crippen LogP contribution is 2.25. The summed E-state index contributed by atoms with van der Waals surface area (Å²) in [4.78, 5) is 26.1. The molecule has 2 N–H and O–H groups in total. The predicted molar refractivity (Wildman–Crippen MR) is 124 cm³/mol. The molecule has 2 amide bonds. The van der Waals surface area contributed by atoms with Crippen LogP contribution in [0.1, 0.15) is 54.1 Å². The molecule has 3 rings (SSSR count). The Morgan fingerprint density at radius 1 is 0.567 bits per heavy atom. The van der Waals surface area contributed by atoms with Crippen molar-refractivity contribution in [3.05, 3.63) is 93.0 Å². The van der Waals surface area contributed by atoms with Gasteiger partial charge >= 0.3 is 0 Å². The van der Waals surface area contributed by atoms with Crippen molar-refractivity contribution in [2.24, 2.45) is 0 Å². The standard InChI is InChI=1S/C26H28N2O2/c1-15-11-17(3)23(18(4)12-15)27-25(29)21-9-7-8-10-22(21)26(30)28-24-19(5)13-16(2)14-20(24)6/h7-14H,1-6H3,(H,27,29)(H,28,30). The second-order valence-corrected chi connectivity index (χ2v) is 8.00. The van der Waals surface area contributed by atoms with Crippen molar-refractivity contribution < 1.29 is 9.59 Å². The summed E-state index contributed by atoms with van der Waals surface area (Å²) in [5.41, 5.74) is 8.52. The van der Waals surface area contributed by atoms with E-state index in [1.165, 1.54) is 0 Å². The predicted octanol–water partition coefficient (Wildman–Crippen LogP) is 6.04. The molecule has 4 nitrogen and oxygen atoms in total. The normalized spacial score (nSPS) is 10.6. The number of aryl methyl sites for hydroxylation is 6. The van der Waals surface area contributed by atoms with Crippen molar-refractivity contribution in [3.63, 3.8) is 0 Å². The second-order valence-electron chi connectivity index (χ2n) is 8.00. The first-order valence-corrected chi connectivity index (χ1v) is 10.0. The molecule has 0 aliphatic carbocycles. The fourth-order valence-corrected chi connectivity index (χ4v) is 4.00. The van der Waals surface area contributed by atoms with Gasteiger partial charge in [-0.05, 0) is 75.9 Å². The van der Waals surface area contributed by atoms with E-state index in [9.17, 15) is 9.59 Å². The van der Waals surface area contributed by atoms with Crippen LogP contribution in [0.15, 0.2) is 48.5 Å². The number of anilines is 2. The molecule has 0 spiro atoms. The van der Waals surface area contributed by atoms with E-state index in [1.54, 1.807) is 24.3 Å². The van der Waals surface area contributed by atoms with Crippen molar-refractivity contribution in [2.45, 2.75) is 41.5 Å². The van der Waals surface area contributed by atoms with Crippen molar-refractivity contribution in [3.8, 4) is 0 Å². The monoisotopic (exact) mass is 400 g/mol. The maximum atomic E-state index is 13.1. The fourth-order valence-electron chi connectivity index (χ4n) is 4.00. The van der Waals surface area contributed by atoms with Crippen LogP contribution in [0.25, 0.3) is 0 Å². The highest BCUT2D eigenvalue weighted by Gasteiger charge is 2.19. The summed E-state index contributed by atoms with van der Waals surface area (Å²) in [5.74, 6) is -0.596.